The fourth-order valence-electron chi connectivity index (χ4n) is 1.38. The average Bonchev–Trinajstić information content (AvgIpc) is 2.54. The molecule has 0 atom stereocenters. The largest absolute Gasteiger partial charge is 0.288 e. The minimum atomic E-state index is 0.156. The second kappa shape index (κ2) is 6.53. The van der Waals surface area contributed by atoms with Crippen molar-refractivity contribution in [3.8, 4) is 0 Å². The summed E-state index contributed by atoms with van der Waals surface area (Å²) in [6.07, 6.45) is 7.18. The van der Waals surface area contributed by atoms with Crippen molar-refractivity contribution in [2.75, 3.05) is 5.75 Å². The van der Waals surface area contributed by atoms with Crippen LogP contribution in [-0.4, -0.2) is 20.6 Å². The van der Waals surface area contributed by atoms with Crippen LogP contribution < -0.4 is 0 Å². The topological polar surface area (TPSA) is 34.9 Å². The van der Waals surface area contributed by atoms with E-state index in [9.17, 15) is 4.79 Å². The first-order valence-corrected chi connectivity index (χ1v) is 6.46. The number of carbonyl (C=O) groups is 1. The van der Waals surface area contributed by atoms with Gasteiger partial charge in [-0.2, -0.15) is 5.10 Å². The summed E-state index contributed by atoms with van der Waals surface area (Å²) < 4.78 is 1.97. The molecule has 0 fully saturated rings. The Bertz CT molecular complexity index is 382. The van der Waals surface area contributed by atoms with Crippen molar-refractivity contribution in [1.82, 2.24) is 9.78 Å². The highest BCUT2D eigenvalue weighted by Gasteiger charge is 2.00. The van der Waals surface area contributed by atoms with Crippen molar-refractivity contribution in [1.29, 1.82) is 0 Å². The first kappa shape index (κ1) is 13.0. The standard InChI is InChI=1S/C12H18N2OS/c1-4-7-14-9-12(10(2)13-14)6-5-8-16-11(3)15/h5-6,9H,4,7-8H2,1-3H3. The van der Waals surface area contributed by atoms with E-state index in [-0.39, 0.29) is 5.12 Å². The Morgan fingerprint density at radius 2 is 2.38 bits per heavy atom. The smallest absolute Gasteiger partial charge is 0.186 e. The zero-order valence-electron chi connectivity index (χ0n) is 10.1. The van der Waals surface area contributed by atoms with Gasteiger partial charge in [-0.1, -0.05) is 30.8 Å². The van der Waals surface area contributed by atoms with Crippen LogP contribution in [0.4, 0.5) is 0 Å². The number of nitrogens with zero attached hydrogens (tertiary/aromatic N) is 2. The number of aromatic nitrogens is 2. The fraction of sp³-hybridized carbons (Fsp3) is 0.500. The predicted molar refractivity (Wildman–Crippen MR) is 69.4 cm³/mol. The molecular weight excluding hydrogens is 220 g/mol. The van der Waals surface area contributed by atoms with Gasteiger partial charge in [0.15, 0.2) is 5.12 Å². The van der Waals surface area contributed by atoms with Gasteiger partial charge < -0.3 is 0 Å². The van der Waals surface area contributed by atoms with Crippen LogP contribution in [0.15, 0.2) is 12.3 Å². The Labute approximate surface area is 101 Å². The second-order valence-electron chi connectivity index (χ2n) is 3.64. The van der Waals surface area contributed by atoms with E-state index >= 15 is 0 Å². The highest BCUT2D eigenvalue weighted by Crippen LogP contribution is 2.10. The molecule has 88 valence electrons. The Kier molecular flexibility index (Phi) is 5.32. The van der Waals surface area contributed by atoms with Crippen molar-refractivity contribution in [2.24, 2.45) is 0 Å². The molecule has 1 aromatic heterocycles. The van der Waals surface area contributed by atoms with E-state index in [4.69, 9.17) is 0 Å². The number of carbonyl (C=O) groups excluding carboxylic acids is 1. The number of hydrogen-bond acceptors (Lipinski definition) is 3. The molecular formula is C12H18N2OS. The molecule has 0 aliphatic heterocycles. The van der Waals surface area contributed by atoms with Crippen LogP contribution in [0.1, 0.15) is 31.5 Å². The molecule has 3 nitrogen and oxygen atoms in total. The summed E-state index contributed by atoms with van der Waals surface area (Å²) in [4.78, 5) is 10.7. The summed E-state index contributed by atoms with van der Waals surface area (Å²) in [6, 6.07) is 0. The molecule has 0 amide bonds. The highest BCUT2D eigenvalue weighted by atomic mass is 32.2. The summed E-state index contributed by atoms with van der Waals surface area (Å²) in [5.74, 6) is 0.730. The lowest BCUT2D eigenvalue weighted by Gasteiger charge is -1.94. The molecule has 0 saturated heterocycles. The van der Waals surface area contributed by atoms with E-state index in [1.165, 1.54) is 11.8 Å². The first-order valence-electron chi connectivity index (χ1n) is 5.47. The van der Waals surface area contributed by atoms with Gasteiger partial charge in [0.2, 0.25) is 0 Å². The number of rotatable bonds is 5. The molecule has 16 heavy (non-hydrogen) atoms. The van der Waals surface area contributed by atoms with E-state index in [1.807, 2.05) is 30.0 Å². The van der Waals surface area contributed by atoms with Crippen LogP contribution >= 0.6 is 11.8 Å². The SMILES string of the molecule is CCCn1cc(C=CCSC(C)=O)c(C)n1. The first-order chi connectivity index (χ1) is 7.63. The molecule has 0 bridgehead atoms. The van der Waals surface area contributed by atoms with Crippen LogP contribution in [0.3, 0.4) is 0 Å². The predicted octanol–water partition coefficient (Wildman–Crippen LogP) is 2.89. The van der Waals surface area contributed by atoms with Crippen molar-refractivity contribution < 1.29 is 4.79 Å². The summed E-state index contributed by atoms with van der Waals surface area (Å²) in [5, 5.41) is 4.56. The van der Waals surface area contributed by atoms with Gasteiger partial charge in [-0.3, -0.25) is 9.48 Å². The van der Waals surface area contributed by atoms with Crippen LogP contribution in [-0.2, 0) is 11.3 Å². The molecule has 0 aliphatic carbocycles. The number of hydrogen-bond donors (Lipinski definition) is 0. The van der Waals surface area contributed by atoms with E-state index in [1.54, 1.807) is 6.92 Å². The molecule has 0 aromatic carbocycles. The molecule has 0 saturated carbocycles. The third kappa shape index (κ3) is 4.23. The molecule has 0 spiro atoms. The van der Waals surface area contributed by atoms with Gasteiger partial charge in [0.05, 0.1) is 5.69 Å². The molecule has 1 aromatic rings. The zero-order valence-corrected chi connectivity index (χ0v) is 10.9. The van der Waals surface area contributed by atoms with Crippen LogP contribution in [0.25, 0.3) is 6.08 Å². The van der Waals surface area contributed by atoms with E-state index < -0.39 is 0 Å². The maximum atomic E-state index is 10.7. The lowest BCUT2D eigenvalue weighted by molar-refractivity contribution is -0.109. The van der Waals surface area contributed by atoms with Gasteiger partial charge >= 0.3 is 0 Å². The minimum Gasteiger partial charge on any atom is -0.288 e. The molecule has 1 heterocycles. The maximum absolute atomic E-state index is 10.7. The van der Waals surface area contributed by atoms with E-state index in [0.29, 0.717) is 0 Å². The Morgan fingerprint density at radius 1 is 1.62 bits per heavy atom. The molecule has 1 rings (SSSR count). The van der Waals surface area contributed by atoms with E-state index in [2.05, 4.69) is 12.0 Å². The van der Waals surface area contributed by atoms with Gasteiger partial charge in [-0.15, -0.1) is 0 Å². The third-order valence-electron chi connectivity index (χ3n) is 2.12. The highest BCUT2D eigenvalue weighted by molar-refractivity contribution is 8.13. The number of aryl methyl sites for hydroxylation is 2. The van der Waals surface area contributed by atoms with Crippen molar-refractivity contribution in [3.63, 3.8) is 0 Å². The lowest BCUT2D eigenvalue weighted by atomic mass is 10.2. The molecule has 0 radical (unpaired) electrons. The Hall–Kier alpha value is -1.03. The van der Waals surface area contributed by atoms with Gasteiger partial charge in [0, 0.05) is 31.0 Å². The van der Waals surface area contributed by atoms with Crippen molar-refractivity contribution in [2.45, 2.75) is 33.7 Å². The van der Waals surface area contributed by atoms with E-state index in [0.717, 1.165) is 30.0 Å². The normalized spacial score (nSPS) is 11.2. The third-order valence-corrected chi connectivity index (χ3v) is 2.88. The Balaban J connectivity index is 2.55. The molecule has 0 N–H and O–H groups in total. The fourth-order valence-corrected chi connectivity index (χ4v) is 1.81. The van der Waals surface area contributed by atoms with Crippen molar-refractivity contribution >= 4 is 23.0 Å². The van der Waals surface area contributed by atoms with Gasteiger partial charge in [-0.05, 0) is 13.3 Å². The average molecular weight is 238 g/mol. The number of thioether (sulfide) groups is 1. The second-order valence-corrected chi connectivity index (χ2v) is 4.83. The molecule has 4 heteroatoms. The summed E-state index contributed by atoms with van der Waals surface area (Å²) in [5.41, 5.74) is 2.18. The summed E-state index contributed by atoms with van der Waals surface area (Å²) in [7, 11) is 0. The quantitative estimate of drug-likeness (QED) is 0.791. The molecule has 0 aliphatic rings. The van der Waals surface area contributed by atoms with Gasteiger partial charge in [-0.25, -0.2) is 0 Å². The summed E-state index contributed by atoms with van der Waals surface area (Å²) in [6.45, 7) is 6.68. The maximum Gasteiger partial charge on any atom is 0.186 e. The van der Waals surface area contributed by atoms with Gasteiger partial charge in [0.25, 0.3) is 0 Å². The lowest BCUT2D eigenvalue weighted by Crippen LogP contribution is -1.96. The summed E-state index contributed by atoms with van der Waals surface area (Å²) >= 11 is 1.32. The monoisotopic (exact) mass is 238 g/mol. The zero-order chi connectivity index (χ0) is 12.0. The van der Waals surface area contributed by atoms with Crippen LogP contribution in [0.5, 0.6) is 0 Å². The minimum absolute atomic E-state index is 0.156. The van der Waals surface area contributed by atoms with Crippen molar-refractivity contribution in [3.05, 3.63) is 23.5 Å². The molecule has 0 unspecified atom stereocenters. The Morgan fingerprint density at radius 3 is 3.00 bits per heavy atom. The van der Waals surface area contributed by atoms with Crippen LogP contribution in [0.2, 0.25) is 0 Å². The van der Waals surface area contributed by atoms with Gasteiger partial charge in [0.1, 0.15) is 0 Å². The van der Waals surface area contributed by atoms with Crippen LogP contribution in [0, 0.1) is 6.92 Å².